The van der Waals surface area contributed by atoms with E-state index in [0.717, 1.165) is 37.3 Å². The van der Waals surface area contributed by atoms with E-state index in [1.54, 1.807) is 0 Å². The first-order chi connectivity index (χ1) is 10.2. The van der Waals surface area contributed by atoms with E-state index in [9.17, 15) is 0 Å². The highest BCUT2D eigenvalue weighted by molar-refractivity contribution is 6.33. The fourth-order valence-electron chi connectivity index (χ4n) is 2.83. The molecule has 6 nitrogen and oxygen atoms in total. The third-order valence-corrected chi connectivity index (χ3v) is 4.22. The number of nitrogens with one attached hydrogen (secondary N) is 1. The molecular formula is C14H18ClN3O3. The topological polar surface area (TPSA) is 66.3 Å². The minimum atomic E-state index is -0.373. The fraction of sp³-hybridized carbons (Fsp3) is 0.500. The molecule has 0 unspecified atom stereocenters. The molecule has 0 bridgehead atoms. The first-order valence-corrected chi connectivity index (χ1v) is 7.35. The smallest absolute Gasteiger partial charge is 0.171 e. The molecule has 2 heterocycles. The first kappa shape index (κ1) is 14.4. The van der Waals surface area contributed by atoms with Crippen LogP contribution in [0.15, 0.2) is 23.4 Å². The van der Waals surface area contributed by atoms with E-state index in [1.165, 1.54) is 6.34 Å². The molecule has 1 aromatic carbocycles. The molecule has 0 radical (unpaired) electrons. The number of ether oxygens (including phenoxy) is 2. The molecule has 114 valence electrons. The van der Waals surface area contributed by atoms with E-state index in [0.29, 0.717) is 18.2 Å². The number of anilines is 2. The molecule has 7 heteroatoms. The summed E-state index contributed by atoms with van der Waals surface area (Å²) in [4.78, 5) is 2.24. The SMILES string of the molecule is O/N=C/Nc1ccc(N2CCC3(CC2)OCCO3)c(Cl)c1. The van der Waals surface area contributed by atoms with Crippen molar-refractivity contribution in [1.29, 1.82) is 0 Å². The Morgan fingerprint density at radius 3 is 2.62 bits per heavy atom. The zero-order valence-corrected chi connectivity index (χ0v) is 12.3. The van der Waals surface area contributed by atoms with Gasteiger partial charge in [-0.3, -0.25) is 0 Å². The largest absolute Gasteiger partial charge is 0.410 e. The minimum Gasteiger partial charge on any atom is -0.410 e. The zero-order valence-electron chi connectivity index (χ0n) is 11.6. The Morgan fingerprint density at radius 1 is 1.29 bits per heavy atom. The van der Waals surface area contributed by atoms with Gasteiger partial charge in [-0.15, -0.1) is 0 Å². The molecule has 21 heavy (non-hydrogen) atoms. The quantitative estimate of drug-likeness (QED) is 0.388. The van der Waals surface area contributed by atoms with Crippen LogP contribution in [0, 0.1) is 0 Å². The highest BCUT2D eigenvalue weighted by Crippen LogP contribution is 2.36. The van der Waals surface area contributed by atoms with Crippen molar-refractivity contribution in [2.75, 3.05) is 36.5 Å². The van der Waals surface area contributed by atoms with Crippen LogP contribution in [-0.2, 0) is 9.47 Å². The standard InChI is InChI=1S/C14H18ClN3O3/c15-12-9-11(16-10-17-19)1-2-13(12)18-5-3-14(4-6-18)20-7-8-21-14/h1-2,9-10,19H,3-8H2,(H,16,17). The average molecular weight is 312 g/mol. The molecule has 2 fully saturated rings. The van der Waals surface area contributed by atoms with Crippen LogP contribution in [0.4, 0.5) is 11.4 Å². The molecule has 0 aromatic heterocycles. The van der Waals surface area contributed by atoms with Gasteiger partial charge in [0.15, 0.2) is 5.79 Å². The van der Waals surface area contributed by atoms with Crippen LogP contribution in [-0.4, -0.2) is 43.6 Å². The van der Waals surface area contributed by atoms with Crippen molar-refractivity contribution in [2.45, 2.75) is 18.6 Å². The van der Waals surface area contributed by atoms with Gasteiger partial charge < -0.3 is 24.9 Å². The molecular weight excluding hydrogens is 294 g/mol. The number of nitrogens with zero attached hydrogens (tertiary/aromatic N) is 2. The van der Waals surface area contributed by atoms with Crippen LogP contribution in [0.2, 0.25) is 5.02 Å². The maximum absolute atomic E-state index is 8.40. The molecule has 3 rings (SSSR count). The van der Waals surface area contributed by atoms with Crippen LogP contribution in [0.3, 0.4) is 0 Å². The van der Waals surface area contributed by atoms with Gasteiger partial charge >= 0.3 is 0 Å². The Bertz CT molecular complexity index is 522. The Kier molecular flexibility index (Phi) is 4.19. The Morgan fingerprint density at radius 2 is 2.00 bits per heavy atom. The third kappa shape index (κ3) is 3.07. The lowest BCUT2D eigenvalue weighted by Gasteiger charge is -2.39. The molecule has 0 saturated carbocycles. The van der Waals surface area contributed by atoms with Gasteiger partial charge in [-0.1, -0.05) is 16.8 Å². The van der Waals surface area contributed by atoms with Gasteiger partial charge in [0.2, 0.25) is 0 Å². The predicted molar refractivity (Wildman–Crippen MR) is 81.4 cm³/mol. The van der Waals surface area contributed by atoms with E-state index in [2.05, 4.69) is 15.4 Å². The summed E-state index contributed by atoms with van der Waals surface area (Å²) in [5.41, 5.74) is 1.77. The summed E-state index contributed by atoms with van der Waals surface area (Å²) in [6.45, 7) is 3.08. The summed E-state index contributed by atoms with van der Waals surface area (Å²) in [7, 11) is 0. The summed E-state index contributed by atoms with van der Waals surface area (Å²) in [6.07, 6.45) is 2.89. The van der Waals surface area contributed by atoms with Crippen molar-refractivity contribution in [3.8, 4) is 0 Å². The Labute approximate surface area is 128 Å². The third-order valence-electron chi connectivity index (χ3n) is 3.92. The minimum absolute atomic E-state index is 0.373. The number of hydrogen-bond donors (Lipinski definition) is 2. The highest BCUT2D eigenvalue weighted by atomic mass is 35.5. The lowest BCUT2D eigenvalue weighted by molar-refractivity contribution is -0.169. The molecule has 0 aliphatic carbocycles. The van der Waals surface area contributed by atoms with Gasteiger partial charge in [0.25, 0.3) is 0 Å². The summed E-state index contributed by atoms with van der Waals surface area (Å²) >= 11 is 6.34. The summed E-state index contributed by atoms with van der Waals surface area (Å²) in [6, 6.07) is 5.67. The monoisotopic (exact) mass is 311 g/mol. The van der Waals surface area contributed by atoms with E-state index in [4.69, 9.17) is 26.3 Å². The second kappa shape index (κ2) is 6.09. The second-order valence-electron chi connectivity index (χ2n) is 5.15. The molecule has 0 amide bonds. The number of rotatable bonds is 3. The van der Waals surface area contributed by atoms with Crippen molar-refractivity contribution in [3.63, 3.8) is 0 Å². The van der Waals surface area contributed by atoms with Crippen LogP contribution >= 0.6 is 11.6 Å². The van der Waals surface area contributed by atoms with Gasteiger partial charge in [-0.2, -0.15) is 0 Å². The summed E-state index contributed by atoms with van der Waals surface area (Å²) in [5.74, 6) is -0.373. The molecule has 0 atom stereocenters. The number of oxime groups is 1. The van der Waals surface area contributed by atoms with Crippen molar-refractivity contribution in [3.05, 3.63) is 23.2 Å². The molecule has 2 aliphatic rings. The summed E-state index contributed by atoms with van der Waals surface area (Å²) in [5, 5.41) is 14.8. The van der Waals surface area contributed by atoms with E-state index in [-0.39, 0.29) is 5.79 Å². The van der Waals surface area contributed by atoms with Crippen LogP contribution in [0.5, 0.6) is 0 Å². The second-order valence-corrected chi connectivity index (χ2v) is 5.56. The number of halogens is 1. The number of hydrogen-bond acceptors (Lipinski definition) is 5. The Hall–Kier alpha value is -1.50. The maximum atomic E-state index is 8.40. The maximum Gasteiger partial charge on any atom is 0.171 e. The molecule has 1 aromatic rings. The highest BCUT2D eigenvalue weighted by Gasteiger charge is 2.40. The van der Waals surface area contributed by atoms with Crippen molar-refractivity contribution in [2.24, 2.45) is 5.16 Å². The van der Waals surface area contributed by atoms with E-state index in [1.807, 2.05) is 18.2 Å². The molecule has 1 spiro atoms. The fourth-order valence-corrected chi connectivity index (χ4v) is 3.13. The van der Waals surface area contributed by atoms with Crippen molar-refractivity contribution in [1.82, 2.24) is 0 Å². The molecule has 2 saturated heterocycles. The van der Waals surface area contributed by atoms with Gasteiger partial charge in [0, 0.05) is 31.6 Å². The zero-order chi connectivity index (χ0) is 14.7. The molecule has 2 N–H and O–H groups in total. The Balaban J connectivity index is 1.67. The number of benzene rings is 1. The lowest BCUT2D eigenvalue weighted by atomic mass is 10.0. The average Bonchev–Trinajstić information content (AvgIpc) is 2.95. The van der Waals surface area contributed by atoms with Gasteiger partial charge in [0.1, 0.15) is 6.34 Å². The first-order valence-electron chi connectivity index (χ1n) is 6.97. The van der Waals surface area contributed by atoms with Crippen LogP contribution in [0.1, 0.15) is 12.8 Å². The van der Waals surface area contributed by atoms with Crippen molar-refractivity contribution < 1.29 is 14.7 Å². The predicted octanol–water partition coefficient (Wildman–Crippen LogP) is 2.51. The van der Waals surface area contributed by atoms with Crippen LogP contribution in [0.25, 0.3) is 0 Å². The van der Waals surface area contributed by atoms with Gasteiger partial charge in [0.05, 0.1) is 23.9 Å². The normalized spacial score (nSPS) is 21.3. The van der Waals surface area contributed by atoms with Crippen LogP contribution < -0.4 is 10.2 Å². The number of piperidine rings is 1. The van der Waals surface area contributed by atoms with E-state index < -0.39 is 0 Å². The lowest BCUT2D eigenvalue weighted by Crippen LogP contribution is -2.45. The van der Waals surface area contributed by atoms with Crippen molar-refractivity contribution >= 4 is 29.3 Å². The molecule has 2 aliphatic heterocycles. The van der Waals surface area contributed by atoms with E-state index >= 15 is 0 Å². The van der Waals surface area contributed by atoms with Gasteiger partial charge in [-0.25, -0.2) is 0 Å². The van der Waals surface area contributed by atoms with Gasteiger partial charge in [-0.05, 0) is 18.2 Å². The summed E-state index contributed by atoms with van der Waals surface area (Å²) < 4.78 is 11.5.